The molecule has 1 unspecified atom stereocenters. The number of carboxylic acid groups (broad SMARTS) is 1. The molecule has 1 fully saturated rings. The summed E-state index contributed by atoms with van der Waals surface area (Å²) in [4.78, 5) is 27.5. The molecule has 0 aromatic heterocycles. The van der Waals surface area contributed by atoms with Crippen molar-refractivity contribution in [1.29, 1.82) is 0 Å². The van der Waals surface area contributed by atoms with Gasteiger partial charge in [0.05, 0.1) is 6.61 Å². The van der Waals surface area contributed by atoms with Crippen LogP contribution >= 0.6 is 0 Å². The number of rotatable bonds is 6. The maximum Gasteiger partial charge on any atom is 0.327 e. The van der Waals surface area contributed by atoms with E-state index in [-0.39, 0.29) is 6.03 Å². The fraction of sp³-hybridized carbons (Fsp3) is 0.867. The van der Waals surface area contributed by atoms with Gasteiger partial charge in [-0.05, 0) is 32.1 Å². The molecule has 0 spiro atoms. The average Bonchev–Trinajstić information content (AvgIpc) is 2.41. The van der Waals surface area contributed by atoms with E-state index in [2.05, 4.69) is 0 Å². The second kappa shape index (κ2) is 7.64. The van der Waals surface area contributed by atoms with Crippen LogP contribution in [0.25, 0.3) is 0 Å². The number of carbonyl (C=O) groups is 2. The highest BCUT2D eigenvalue weighted by atomic mass is 16.5. The molecule has 1 saturated heterocycles. The molecule has 2 amide bonds. The third kappa shape index (κ3) is 4.33. The number of nitrogens with zero attached hydrogens (tertiary/aromatic N) is 2. The van der Waals surface area contributed by atoms with Gasteiger partial charge in [-0.1, -0.05) is 13.8 Å². The molecule has 1 atom stereocenters. The fourth-order valence-electron chi connectivity index (χ4n) is 2.96. The molecule has 1 heterocycles. The highest BCUT2D eigenvalue weighted by Crippen LogP contribution is 2.35. The van der Waals surface area contributed by atoms with Crippen LogP contribution in [0.15, 0.2) is 0 Å². The Kier molecular flexibility index (Phi) is 6.45. The van der Waals surface area contributed by atoms with Crippen molar-refractivity contribution in [3.8, 4) is 0 Å². The summed E-state index contributed by atoms with van der Waals surface area (Å²) in [5.41, 5.74) is -0.404. The molecule has 6 heteroatoms. The molecule has 0 bridgehead atoms. The van der Waals surface area contributed by atoms with Crippen LogP contribution < -0.4 is 0 Å². The molecule has 0 aromatic rings. The maximum atomic E-state index is 12.7. The van der Waals surface area contributed by atoms with E-state index in [9.17, 15) is 14.7 Å². The fourth-order valence-corrected chi connectivity index (χ4v) is 2.96. The first kappa shape index (κ1) is 17.8. The van der Waals surface area contributed by atoms with Crippen LogP contribution in [0.2, 0.25) is 0 Å². The zero-order chi connectivity index (χ0) is 16.0. The summed E-state index contributed by atoms with van der Waals surface area (Å²) in [6.07, 6.45) is 1.66. The lowest BCUT2D eigenvalue weighted by molar-refractivity contribution is -0.148. The normalized spacial score (nSPS) is 21.1. The topological polar surface area (TPSA) is 70.1 Å². The van der Waals surface area contributed by atoms with E-state index in [0.717, 1.165) is 12.8 Å². The monoisotopic (exact) mass is 300 g/mol. The molecule has 122 valence electrons. The molecule has 1 N–H and O–H groups in total. The second-order valence-corrected chi connectivity index (χ2v) is 6.09. The van der Waals surface area contributed by atoms with Crippen LogP contribution in [-0.4, -0.2) is 65.8 Å². The van der Waals surface area contributed by atoms with Crippen molar-refractivity contribution in [2.24, 2.45) is 5.41 Å². The zero-order valence-corrected chi connectivity index (χ0v) is 13.6. The number of likely N-dealkylation sites (tertiary alicyclic amines) is 1. The predicted molar refractivity (Wildman–Crippen MR) is 80.3 cm³/mol. The molecule has 21 heavy (non-hydrogen) atoms. The van der Waals surface area contributed by atoms with Crippen molar-refractivity contribution in [3.63, 3.8) is 0 Å². The van der Waals surface area contributed by atoms with E-state index in [1.165, 1.54) is 4.90 Å². The van der Waals surface area contributed by atoms with Crippen molar-refractivity contribution >= 4 is 12.0 Å². The summed E-state index contributed by atoms with van der Waals surface area (Å²) in [7, 11) is 0. The van der Waals surface area contributed by atoms with Gasteiger partial charge in [0.25, 0.3) is 0 Å². The molecule has 0 aliphatic carbocycles. The first-order valence-electron chi connectivity index (χ1n) is 7.71. The minimum atomic E-state index is -0.922. The van der Waals surface area contributed by atoms with Gasteiger partial charge in [0.1, 0.15) is 6.04 Å². The summed E-state index contributed by atoms with van der Waals surface area (Å²) < 4.78 is 5.29. The van der Waals surface area contributed by atoms with Gasteiger partial charge in [0, 0.05) is 26.2 Å². The molecule has 0 aromatic carbocycles. The van der Waals surface area contributed by atoms with Crippen LogP contribution in [0, 0.1) is 5.41 Å². The molecule has 1 aliphatic rings. The van der Waals surface area contributed by atoms with Crippen LogP contribution in [0.4, 0.5) is 4.79 Å². The van der Waals surface area contributed by atoms with Crippen molar-refractivity contribution in [2.75, 3.05) is 32.8 Å². The zero-order valence-electron chi connectivity index (χ0n) is 13.6. The third-order valence-corrected chi connectivity index (χ3v) is 4.11. The Balaban J connectivity index is 2.83. The number of aliphatic carboxylic acids is 1. The molecule has 0 radical (unpaired) electrons. The minimum Gasteiger partial charge on any atom is -0.480 e. The molecular formula is C15H28N2O4. The lowest BCUT2D eigenvalue weighted by Crippen LogP contribution is -2.59. The second-order valence-electron chi connectivity index (χ2n) is 6.09. The molecule has 1 aliphatic heterocycles. The molecular weight excluding hydrogens is 272 g/mol. The summed E-state index contributed by atoms with van der Waals surface area (Å²) >= 11 is 0. The van der Waals surface area contributed by atoms with E-state index in [1.807, 2.05) is 27.7 Å². The van der Waals surface area contributed by atoms with Crippen LogP contribution in [-0.2, 0) is 9.53 Å². The number of hydrogen-bond donors (Lipinski definition) is 1. The van der Waals surface area contributed by atoms with E-state index in [4.69, 9.17) is 4.74 Å². The summed E-state index contributed by atoms with van der Waals surface area (Å²) in [6, 6.07) is -0.961. The largest absolute Gasteiger partial charge is 0.480 e. The lowest BCUT2D eigenvalue weighted by Gasteiger charge is -2.45. The summed E-state index contributed by atoms with van der Waals surface area (Å²) in [5, 5.41) is 9.52. The Labute approximate surface area is 127 Å². The van der Waals surface area contributed by atoms with E-state index >= 15 is 0 Å². The highest BCUT2D eigenvalue weighted by Gasteiger charge is 2.45. The highest BCUT2D eigenvalue weighted by molar-refractivity contribution is 5.83. The number of hydrogen-bond acceptors (Lipinski definition) is 3. The molecule has 1 rings (SSSR count). The van der Waals surface area contributed by atoms with E-state index in [1.54, 1.807) is 4.90 Å². The van der Waals surface area contributed by atoms with E-state index < -0.39 is 17.4 Å². The quantitative estimate of drug-likeness (QED) is 0.762. The van der Waals surface area contributed by atoms with Crippen LogP contribution in [0.3, 0.4) is 0 Å². The first-order valence-corrected chi connectivity index (χ1v) is 7.71. The summed E-state index contributed by atoms with van der Waals surface area (Å²) in [6.45, 7) is 10.3. The van der Waals surface area contributed by atoms with Gasteiger partial charge in [0.15, 0.2) is 0 Å². The average molecular weight is 300 g/mol. The van der Waals surface area contributed by atoms with Crippen LogP contribution in [0.1, 0.15) is 40.5 Å². The van der Waals surface area contributed by atoms with Crippen LogP contribution in [0.5, 0.6) is 0 Å². The minimum absolute atomic E-state index is 0.197. The van der Waals surface area contributed by atoms with Crippen molar-refractivity contribution in [2.45, 2.75) is 46.6 Å². The van der Waals surface area contributed by atoms with Gasteiger partial charge < -0.3 is 19.6 Å². The molecule has 6 nitrogen and oxygen atoms in total. The maximum absolute atomic E-state index is 12.7. The third-order valence-electron chi connectivity index (χ3n) is 4.11. The number of likely N-dealkylation sites (N-methyl/N-ethyl adjacent to an activating group) is 1. The SMILES string of the molecule is CCOCCN(CC)C(=O)N1CCCC(C)(C)C1C(=O)O. The predicted octanol–water partition coefficient (Wildman–Crippen LogP) is 2.04. The number of ether oxygens (including phenoxy) is 1. The van der Waals surface area contributed by atoms with Gasteiger partial charge in [-0.15, -0.1) is 0 Å². The Bertz CT molecular complexity index is 371. The lowest BCUT2D eigenvalue weighted by atomic mass is 9.76. The van der Waals surface area contributed by atoms with Gasteiger partial charge in [-0.3, -0.25) is 0 Å². The van der Waals surface area contributed by atoms with Gasteiger partial charge >= 0.3 is 12.0 Å². The molecule has 0 saturated carbocycles. The smallest absolute Gasteiger partial charge is 0.327 e. The Morgan fingerprint density at radius 1 is 1.38 bits per heavy atom. The Hall–Kier alpha value is -1.30. The van der Waals surface area contributed by atoms with E-state index in [0.29, 0.717) is 32.8 Å². The van der Waals surface area contributed by atoms with Crippen molar-refractivity contribution in [3.05, 3.63) is 0 Å². The first-order chi connectivity index (χ1) is 9.85. The van der Waals surface area contributed by atoms with Gasteiger partial charge in [-0.2, -0.15) is 0 Å². The standard InChI is InChI=1S/C15H28N2O4/c1-5-16(10-11-21-6-2)14(20)17-9-7-8-15(3,4)12(17)13(18)19/h12H,5-11H2,1-4H3,(H,18,19). The summed E-state index contributed by atoms with van der Waals surface area (Å²) in [5.74, 6) is -0.922. The van der Waals surface area contributed by atoms with Crippen molar-refractivity contribution < 1.29 is 19.4 Å². The Morgan fingerprint density at radius 2 is 2.05 bits per heavy atom. The number of piperidine rings is 1. The number of amides is 2. The van der Waals surface area contributed by atoms with Crippen molar-refractivity contribution in [1.82, 2.24) is 9.80 Å². The number of carboxylic acids is 1. The van der Waals surface area contributed by atoms with Gasteiger partial charge in [-0.25, -0.2) is 9.59 Å². The number of urea groups is 1. The number of carbonyl (C=O) groups excluding carboxylic acids is 1. The Morgan fingerprint density at radius 3 is 2.57 bits per heavy atom. The van der Waals surface area contributed by atoms with Gasteiger partial charge in [0.2, 0.25) is 0 Å².